The van der Waals surface area contributed by atoms with Crippen LogP contribution in [0.3, 0.4) is 0 Å². The molecule has 3 rings (SSSR count). The molecule has 0 spiro atoms. The van der Waals surface area contributed by atoms with Crippen molar-refractivity contribution in [3.63, 3.8) is 0 Å². The molecule has 0 radical (unpaired) electrons. The zero-order valence-electron chi connectivity index (χ0n) is 11.7. The summed E-state index contributed by atoms with van der Waals surface area (Å²) in [6.07, 6.45) is 1.95. The zero-order chi connectivity index (χ0) is 16.8. The van der Waals surface area contributed by atoms with Crippen molar-refractivity contribution in [3.8, 4) is 5.75 Å². The Morgan fingerprint density at radius 1 is 1.04 bits per heavy atom. The fraction of sp³-hybridized carbons (Fsp3) is 0.267. The third-order valence-corrected chi connectivity index (χ3v) is 4.67. The summed E-state index contributed by atoms with van der Waals surface area (Å²) in [5.74, 6) is -0.466. The van der Waals surface area contributed by atoms with Gasteiger partial charge in [0.25, 0.3) is 0 Å². The Morgan fingerprint density at radius 3 is 2.48 bits per heavy atom. The van der Waals surface area contributed by atoms with Gasteiger partial charge in [0.05, 0.1) is 0 Å². The Kier molecular flexibility index (Phi) is 3.59. The Hall–Kier alpha value is -2.09. The highest BCUT2D eigenvalue weighted by molar-refractivity contribution is 7.88. The standard InChI is InChI=1S/C15H11F3O4S/c16-15(17,18)23(20,21)22-11-6-7-12-10(8-11)5-4-9-2-1-3-13(19)14(9)12/h4-8H,1-3H2. The predicted molar refractivity (Wildman–Crippen MR) is 76.8 cm³/mol. The van der Waals surface area contributed by atoms with Gasteiger partial charge in [0.15, 0.2) is 5.78 Å². The first-order chi connectivity index (χ1) is 10.7. The van der Waals surface area contributed by atoms with Gasteiger partial charge in [-0.3, -0.25) is 4.79 Å². The van der Waals surface area contributed by atoms with Crippen molar-refractivity contribution in [2.24, 2.45) is 0 Å². The topological polar surface area (TPSA) is 60.4 Å². The summed E-state index contributed by atoms with van der Waals surface area (Å²) in [7, 11) is -5.71. The van der Waals surface area contributed by atoms with Crippen LogP contribution in [0.15, 0.2) is 30.3 Å². The molecule has 0 amide bonds. The monoisotopic (exact) mass is 344 g/mol. The van der Waals surface area contributed by atoms with Crippen molar-refractivity contribution in [1.82, 2.24) is 0 Å². The molecule has 0 N–H and O–H groups in total. The normalized spacial score (nSPS) is 15.5. The van der Waals surface area contributed by atoms with Crippen LogP contribution in [0, 0.1) is 0 Å². The smallest absolute Gasteiger partial charge is 0.376 e. The molecule has 0 aromatic heterocycles. The minimum absolute atomic E-state index is 0.0200. The van der Waals surface area contributed by atoms with Gasteiger partial charge in [0.2, 0.25) is 0 Å². The molecule has 0 aliphatic heterocycles. The lowest BCUT2D eigenvalue weighted by molar-refractivity contribution is -0.0500. The average molecular weight is 344 g/mol. The van der Waals surface area contributed by atoms with E-state index in [1.165, 1.54) is 12.1 Å². The second-order valence-electron chi connectivity index (χ2n) is 5.24. The quantitative estimate of drug-likeness (QED) is 0.617. The highest BCUT2D eigenvalue weighted by Gasteiger charge is 2.48. The van der Waals surface area contributed by atoms with Gasteiger partial charge in [-0.25, -0.2) is 0 Å². The summed E-state index contributed by atoms with van der Waals surface area (Å²) >= 11 is 0. The number of hydrogen-bond acceptors (Lipinski definition) is 4. The summed E-state index contributed by atoms with van der Waals surface area (Å²) in [4.78, 5) is 12.1. The van der Waals surface area contributed by atoms with Crippen molar-refractivity contribution < 1.29 is 30.6 Å². The van der Waals surface area contributed by atoms with Crippen molar-refractivity contribution >= 4 is 26.7 Å². The van der Waals surface area contributed by atoms with E-state index in [1.54, 1.807) is 12.1 Å². The van der Waals surface area contributed by atoms with Gasteiger partial charge in [-0.1, -0.05) is 12.1 Å². The van der Waals surface area contributed by atoms with E-state index in [1.807, 2.05) is 0 Å². The lowest BCUT2D eigenvalue weighted by Crippen LogP contribution is -2.28. The molecule has 2 aromatic carbocycles. The summed E-state index contributed by atoms with van der Waals surface area (Å²) < 4.78 is 63.2. The number of Topliss-reactive ketones (excluding diaryl/α,β-unsaturated/α-hetero) is 1. The summed E-state index contributed by atoms with van der Waals surface area (Å²) in [6.45, 7) is 0. The number of carbonyl (C=O) groups excluding carboxylic acids is 1. The fourth-order valence-electron chi connectivity index (χ4n) is 2.68. The van der Waals surface area contributed by atoms with Crippen LogP contribution < -0.4 is 4.18 Å². The number of fused-ring (bicyclic) bond motifs is 3. The SMILES string of the molecule is O=C1CCCc2ccc3cc(OS(=O)(=O)C(F)(F)F)ccc3c21. The van der Waals surface area contributed by atoms with Crippen LogP contribution in [0.1, 0.15) is 28.8 Å². The highest BCUT2D eigenvalue weighted by atomic mass is 32.2. The maximum Gasteiger partial charge on any atom is 0.534 e. The van der Waals surface area contributed by atoms with E-state index < -0.39 is 21.4 Å². The number of carbonyl (C=O) groups is 1. The Bertz CT molecular complexity index is 901. The second kappa shape index (κ2) is 5.23. The fourth-order valence-corrected chi connectivity index (χ4v) is 3.13. The second-order valence-corrected chi connectivity index (χ2v) is 6.78. The molecule has 23 heavy (non-hydrogen) atoms. The molecule has 0 unspecified atom stereocenters. The Labute approximate surface area is 130 Å². The van der Waals surface area contributed by atoms with Gasteiger partial charge in [-0.05, 0) is 47.4 Å². The number of alkyl halides is 3. The average Bonchev–Trinajstić information content (AvgIpc) is 2.45. The molecule has 1 aliphatic rings. The third kappa shape index (κ3) is 2.78. The molecule has 0 bridgehead atoms. The summed E-state index contributed by atoms with van der Waals surface area (Å²) in [5, 5.41) is 1.04. The first-order valence-corrected chi connectivity index (χ1v) is 8.19. The van der Waals surface area contributed by atoms with Crippen LogP contribution in [0.4, 0.5) is 13.2 Å². The van der Waals surface area contributed by atoms with Crippen LogP contribution >= 0.6 is 0 Å². The van der Waals surface area contributed by atoms with Crippen LogP contribution in [0.2, 0.25) is 0 Å². The number of halogens is 3. The Balaban J connectivity index is 2.06. The molecule has 0 heterocycles. The minimum atomic E-state index is -5.71. The van der Waals surface area contributed by atoms with Gasteiger partial charge in [0, 0.05) is 12.0 Å². The first-order valence-electron chi connectivity index (χ1n) is 6.79. The van der Waals surface area contributed by atoms with Gasteiger partial charge >= 0.3 is 15.6 Å². The van der Waals surface area contributed by atoms with E-state index >= 15 is 0 Å². The molecule has 0 saturated heterocycles. The molecule has 1 aliphatic carbocycles. The maximum atomic E-state index is 12.4. The van der Waals surface area contributed by atoms with Crippen molar-refractivity contribution in [1.29, 1.82) is 0 Å². The summed E-state index contributed by atoms with van der Waals surface area (Å²) in [5.41, 5.74) is -4.04. The van der Waals surface area contributed by atoms with E-state index in [4.69, 9.17) is 0 Å². The lowest BCUT2D eigenvalue weighted by atomic mass is 9.87. The largest absolute Gasteiger partial charge is 0.534 e. The van der Waals surface area contributed by atoms with Crippen LogP contribution in [0.25, 0.3) is 10.8 Å². The third-order valence-electron chi connectivity index (χ3n) is 3.70. The number of hydrogen-bond donors (Lipinski definition) is 0. The first kappa shape index (κ1) is 15.8. The summed E-state index contributed by atoms with van der Waals surface area (Å²) in [6, 6.07) is 7.09. The number of rotatable bonds is 2. The van der Waals surface area contributed by atoms with Crippen molar-refractivity contribution in [2.75, 3.05) is 0 Å². The molecule has 0 saturated carbocycles. The number of aryl methyl sites for hydroxylation is 1. The molecular formula is C15H11F3O4S. The van der Waals surface area contributed by atoms with E-state index in [2.05, 4.69) is 4.18 Å². The molecule has 2 aromatic rings. The van der Waals surface area contributed by atoms with Gasteiger partial charge in [-0.15, -0.1) is 0 Å². The molecule has 0 atom stereocenters. The van der Waals surface area contributed by atoms with E-state index in [9.17, 15) is 26.4 Å². The van der Waals surface area contributed by atoms with Crippen molar-refractivity contribution in [3.05, 3.63) is 41.5 Å². The van der Waals surface area contributed by atoms with Crippen LogP contribution in [-0.2, 0) is 16.5 Å². The van der Waals surface area contributed by atoms with E-state index in [-0.39, 0.29) is 5.78 Å². The van der Waals surface area contributed by atoms with Gasteiger partial charge in [-0.2, -0.15) is 21.6 Å². The molecule has 4 nitrogen and oxygen atoms in total. The highest BCUT2D eigenvalue weighted by Crippen LogP contribution is 2.33. The molecule has 8 heteroatoms. The van der Waals surface area contributed by atoms with E-state index in [0.29, 0.717) is 22.8 Å². The molecular weight excluding hydrogens is 333 g/mol. The van der Waals surface area contributed by atoms with Crippen LogP contribution in [-0.4, -0.2) is 19.7 Å². The van der Waals surface area contributed by atoms with Crippen LogP contribution in [0.5, 0.6) is 5.75 Å². The number of benzene rings is 2. The number of ketones is 1. The molecule has 0 fully saturated rings. The predicted octanol–water partition coefficient (Wildman–Crippen LogP) is 3.59. The Morgan fingerprint density at radius 2 is 1.78 bits per heavy atom. The van der Waals surface area contributed by atoms with Gasteiger partial charge < -0.3 is 4.18 Å². The van der Waals surface area contributed by atoms with E-state index in [0.717, 1.165) is 24.5 Å². The minimum Gasteiger partial charge on any atom is -0.376 e. The zero-order valence-corrected chi connectivity index (χ0v) is 12.5. The maximum absolute atomic E-state index is 12.4. The lowest BCUT2D eigenvalue weighted by Gasteiger charge is -2.17. The molecule has 122 valence electrons. The van der Waals surface area contributed by atoms with Gasteiger partial charge in [0.1, 0.15) is 5.75 Å². The van der Waals surface area contributed by atoms with Crippen molar-refractivity contribution in [2.45, 2.75) is 24.8 Å².